The van der Waals surface area contributed by atoms with Crippen LogP contribution in [0.2, 0.25) is 0 Å². The third-order valence-corrected chi connectivity index (χ3v) is 11.5. The van der Waals surface area contributed by atoms with Gasteiger partial charge in [-0.2, -0.15) is 0 Å². The van der Waals surface area contributed by atoms with Crippen molar-refractivity contribution in [2.75, 3.05) is 25.2 Å². The molecule has 2 aliphatic heterocycles. The summed E-state index contributed by atoms with van der Waals surface area (Å²) in [5.74, 6) is -3.54. The van der Waals surface area contributed by atoms with E-state index in [1.165, 1.54) is 12.5 Å². The molecule has 3 rings (SSSR count). The molecule has 0 bridgehead atoms. The largest absolute Gasteiger partial charge is 0.512 e. The van der Waals surface area contributed by atoms with Crippen molar-refractivity contribution in [3.05, 3.63) is 22.5 Å². The number of aliphatic hydroxyl groups is 1. The van der Waals surface area contributed by atoms with Crippen LogP contribution in [0.15, 0.2) is 22.0 Å². The number of aromatic nitrogens is 1. The lowest BCUT2D eigenvalue weighted by Crippen LogP contribution is -2.70. The van der Waals surface area contributed by atoms with Gasteiger partial charge in [0.2, 0.25) is 5.88 Å². The molecule has 24 heteroatoms. The van der Waals surface area contributed by atoms with Gasteiger partial charge >= 0.3 is 27.3 Å². The first-order valence-corrected chi connectivity index (χ1v) is 16.3. The molecule has 2 aliphatic rings. The number of ether oxygens (including phenoxy) is 2. The quantitative estimate of drug-likeness (QED) is 0.0420. The highest BCUT2D eigenvalue weighted by Gasteiger charge is 2.59. The number of nitrogen functional groups attached to an aromatic ring is 1. The first kappa shape index (κ1) is 33.4. The lowest BCUT2D eigenvalue weighted by Gasteiger charge is -2.49. The Labute approximate surface area is 242 Å². The number of hydrogen-bond donors (Lipinski definition) is 8. The van der Waals surface area contributed by atoms with E-state index in [1.807, 2.05) is 0 Å². The van der Waals surface area contributed by atoms with Crippen molar-refractivity contribution in [2.45, 2.75) is 29.3 Å². The summed E-state index contributed by atoms with van der Waals surface area (Å²) in [6, 6.07) is -1.17. The molecule has 0 saturated carbocycles. The van der Waals surface area contributed by atoms with E-state index in [4.69, 9.17) is 34.8 Å². The number of nitrogens with zero attached hydrogens (tertiary/aromatic N) is 3. The Morgan fingerprint density at radius 1 is 1.26 bits per heavy atom. The first-order chi connectivity index (χ1) is 19.4. The molecule has 0 radical (unpaired) electrons. The summed E-state index contributed by atoms with van der Waals surface area (Å²) in [5, 5.41) is 22.0. The Bertz CT molecular complexity index is 1410. The highest BCUT2D eigenvalue weighted by atomic mass is 32.2. The Kier molecular flexibility index (Phi) is 10.1. The maximum atomic E-state index is 12.9. The Hall–Kier alpha value is -3.07. The van der Waals surface area contributed by atoms with E-state index < -0.39 is 81.0 Å². The van der Waals surface area contributed by atoms with Crippen molar-refractivity contribution < 1.29 is 72.4 Å². The van der Waals surface area contributed by atoms with E-state index in [0.717, 1.165) is 28.0 Å². The number of carbonyl (C=O) groups is 4. The van der Waals surface area contributed by atoms with Gasteiger partial charge in [-0.05, 0) is 0 Å². The highest BCUT2D eigenvalue weighted by Crippen LogP contribution is 2.69. The Balaban J connectivity index is 1.71. The van der Waals surface area contributed by atoms with Gasteiger partial charge in [0, 0.05) is 29.5 Å². The fraction of sp³-hybridized carbons (Fsp3) is 0.444. The molecular formula is C18H23N5O15P2S2. The van der Waals surface area contributed by atoms with Gasteiger partial charge < -0.3 is 55.1 Å². The minimum Gasteiger partial charge on any atom is -0.461 e. The van der Waals surface area contributed by atoms with Gasteiger partial charge in [0.1, 0.15) is 30.8 Å². The normalized spacial score (nSPS) is 19.5. The van der Waals surface area contributed by atoms with E-state index in [0.29, 0.717) is 0 Å². The van der Waals surface area contributed by atoms with E-state index in [2.05, 4.69) is 20.3 Å². The predicted octanol–water partition coefficient (Wildman–Crippen LogP) is -1.29. The number of hydrogen-bond acceptors (Lipinski definition) is 15. The summed E-state index contributed by atoms with van der Waals surface area (Å²) in [5.41, 5.74) is 5.34. The van der Waals surface area contributed by atoms with Crippen LogP contribution in [0.5, 0.6) is 0 Å². The van der Waals surface area contributed by atoms with Gasteiger partial charge in [0.15, 0.2) is 10.8 Å². The number of thiazole rings is 1. The zero-order valence-electron chi connectivity index (χ0n) is 21.0. The Morgan fingerprint density at radius 2 is 1.90 bits per heavy atom. The van der Waals surface area contributed by atoms with E-state index in [-0.39, 0.29) is 27.9 Å². The van der Waals surface area contributed by atoms with E-state index in [9.17, 15) is 38.5 Å². The van der Waals surface area contributed by atoms with Crippen molar-refractivity contribution in [1.29, 1.82) is 0 Å². The molecule has 9 N–H and O–H groups in total. The fourth-order valence-corrected chi connectivity index (χ4v) is 7.60. The second-order valence-corrected chi connectivity index (χ2v) is 14.4. The van der Waals surface area contributed by atoms with Crippen LogP contribution in [0.25, 0.3) is 0 Å². The molecule has 1 saturated heterocycles. The van der Waals surface area contributed by atoms with Gasteiger partial charge in [-0.1, -0.05) is 5.16 Å². The van der Waals surface area contributed by atoms with Crippen LogP contribution in [-0.4, -0.2) is 105 Å². The van der Waals surface area contributed by atoms with Crippen LogP contribution in [0, 0.1) is 0 Å². The second-order valence-electron chi connectivity index (χ2n) is 8.35. The number of fused-ring (bicyclic) bond motifs is 1. The van der Waals surface area contributed by atoms with Crippen LogP contribution < -0.4 is 11.1 Å². The van der Waals surface area contributed by atoms with Crippen molar-refractivity contribution in [3.63, 3.8) is 0 Å². The number of carboxylic acid groups (broad SMARTS) is 1. The lowest BCUT2D eigenvalue weighted by molar-refractivity contribution is -0.148. The van der Waals surface area contributed by atoms with Crippen LogP contribution in [0.4, 0.5) is 9.93 Å². The van der Waals surface area contributed by atoms with Crippen molar-refractivity contribution in [2.24, 2.45) is 5.16 Å². The molecule has 1 aromatic rings. The average Bonchev–Trinajstić information content (AvgIpc) is 3.31. The molecular weight excluding hydrogens is 652 g/mol. The van der Waals surface area contributed by atoms with Gasteiger partial charge in [-0.3, -0.25) is 28.4 Å². The number of nitrogens with two attached hydrogens (primary N) is 1. The van der Waals surface area contributed by atoms with Gasteiger partial charge in [0.25, 0.3) is 16.9 Å². The molecule has 3 heterocycles. The number of amides is 2. The minimum absolute atomic E-state index is 0.0371. The second kappa shape index (κ2) is 12.7. The molecule has 20 nitrogen and oxygen atoms in total. The third kappa shape index (κ3) is 6.93. The summed E-state index contributed by atoms with van der Waals surface area (Å²) in [6.07, 6.45) is -4.26. The number of oxime groups is 1. The number of rotatable bonds is 12. The zero-order valence-corrected chi connectivity index (χ0v) is 24.5. The van der Waals surface area contributed by atoms with E-state index in [1.54, 1.807) is 0 Å². The van der Waals surface area contributed by atoms with Crippen LogP contribution >= 0.6 is 38.3 Å². The minimum atomic E-state index is -5.80. The molecule has 2 atom stereocenters. The monoisotopic (exact) mass is 675 g/mol. The molecule has 2 amide bonds. The van der Waals surface area contributed by atoms with Crippen LogP contribution in [0.1, 0.15) is 18.5 Å². The van der Waals surface area contributed by atoms with Crippen molar-refractivity contribution in [1.82, 2.24) is 15.2 Å². The maximum absolute atomic E-state index is 12.9. The van der Waals surface area contributed by atoms with Crippen LogP contribution in [-0.2, 0) is 37.8 Å². The molecule has 0 aliphatic carbocycles. The molecule has 0 spiro atoms. The average molecular weight is 675 g/mol. The number of nitrogens with one attached hydrogen (secondary N) is 1. The fourth-order valence-electron chi connectivity index (χ4n) is 3.58. The summed E-state index contributed by atoms with van der Waals surface area (Å²) in [7, 11) is -10.4. The zero-order chi connectivity index (χ0) is 31.6. The summed E-state index contributed by atoms with van der Waals surface area (Å²) in [4.78, 5) is 95.4. The molecule has 42 heavy (non-hydrogen) atoms. The van der Waals surface area contributed by atoms with Crippen molar-refractivity contribution in [3.8, 4) is 0 Å². The smallest absolute Gasteiger partial charge is 0.461 e. The summed E-state index contributed by atoms with van der Waals surface area (Å²) >= 11 is 2.05. The van der Waals surface area contributed by atoms with Crippen LogP contribution in [0.3, 0.4) is 0 Å². The molecule has 1 fully saturated rings. The Morgan fingerprint density at radius 3 is 2.43 bits per heavy atom. The van der Waals surface area contributed by atoms with Crippen molar-refractivity contribution >= 4 is 73.1 Å². The molecule has 0 unspecified atom stereocenters. The summed E-state index contributed by atoms with van der Waals surface area (Å²) < 4.78 is 32.5. The maximum Gasteiger partial charge on any atom is 0.512 e. The third-order valence-electron chi connectivity index (χ3n) is 5.63. The number of esters is 1. The number of thioether (sulfide) groups is 1. The highest BCUT2D eigenvalue weighted by molar-refractivity contribution is 8.00. The molecule has 232 valence electrons. The molecule has 1 aromatic heterocycles. The summed E-state index contributed by atoms with van der Waals surface area (Å²) in [6.45, 7) is -0.706. The number of β-lactam (4-membered cyclic amide) rings is 1. The van der Waals surface area contributed by atoms with Gasteiger partial charge in [0.05, 0.1) is 0 Å². The number of anilines is 1. The van der Waals surface area contributed by atoms with E-state index >= 15 is 0 Å². The lowest BCUT2D eigenvalue weighted by atomic mass is 10.1. The molecule has 0 aromatic carbocycles. The first-order valence-electron chi connectivity index (χ1n) is 11.1. The standard InChI is InChI=1S/C18H23N5O15P2S2/c1-36-22-10(8-6-42-16(19)20-8)12(25)21-11-13(26)23-14(38-17(27)28)7(5-41-15(11)23)4-37-9(24)2-3-18(29,39(30,31)32)40(33,34)35/h6,11,15,29H,2-5H2,1H3,(H2,19,20)(H,21,25)(H,27,28)(H2,30,31,32)(H2,33,34,35)/b22-10-/t11-,15+/m1/s1. The van der Waals surface area contributed by atoms with Gasteiger partial charge in [-0.15, -0.1) is 23.1 Å². The SMILES string of the molecule is CO/N=C(\C(=O)N[C@@H]1C(=O)N2C(OC(=O)O)=C(COC(=O)CCC(O)(P(=O)(O)O)P(=O)(O)O)CS[C@@H]12)c1csc(N)n1. The topological polar surface area (TPSA) is 318 Å². The number of carbonyl (C=O) groups excluding carboxylic acids is 3. The van der Waals surface area contributed by atoms with Gasteiger partial charge in [-0.25, -0.2) is 9.78 Å². The predicted molar refractivity (Wildman–Crippen MR) is 140 cm³/mol.